The van der Waals surface area contributed by atoms with E-state index in [-0.39, 0.29) is 16.9 Å². The molecular weight excluding hydrogens is 394 g/mol. The molecule has 0 unspecified atom stereocenters. The molecule has 4 aromatic carbocycles. The molecule has 4 aromatic rings. The van der Waals surface area contributed by atoms with Gasteiger partial charge in [0.15, 0.2) is 11.3 Å². The summed E-state index contributed by atoms with van der Waals surface area (Å²) in [4.78, 5) is 0. The summed E-state index contributed by atoms with van der Waals surface area (Å²) in [7, 11) is 0. The predicted molar refractivity (Wildman–Crippen MR) is 125 cm³/mol. The number of nitriles is 3. The summed E-state index contributed by atoms with van der Waals surface area (Å²) in [5.74, 6) is 0.0533. The van der Waals surface area contributed by atoms with Crippen molar-refractivity contribution in [1.82, 2.24) is 0 Å². The molecule has 4 nitrogen and oxygen atoms in total. The molecule has 0 N–H and O–H groups in total. The lowest BCUT2D eigenvalue weighted by atomic mass is 9.90. The van der Waals surface area contributed by atoms with Crippen LogP contribution >= 0.6 is 0 Å². The van der Waals surface area contributed by atoms with E-state index in [1.807, 2.05) is 38.1 Å². The molecule has 0 spiro atoms. The summed E-state index contributed by atoms with van der Waals surface area (Å²) in [6.07, 6.45) is 3.84. The largest absolute Gasteiger partial charge is 0.480 e. The highest BCUT2D eigenvalue weighted by molar-refractivity contribution is 6.24. The zero-order valence-electron chi connectivity index (χ0n) is 17.6. The van der Waals surface area contributed by atoms with Gasteiger partial charge in [-0.05, 0) is 51.7 Å². The van der Waals surface area contributed by atoms with Crippen LogP contribution in [-0.4, -0.2) is 5.60 Å². The van der Waals surface area contributed by atoms with Crippen LogP contribution in [0.2, 0.25) is 0 Å². The maximum atomic E-state index is 9.76. The Labute approximate surface area is 185 Å². The number of nitrogens with zero attached hydrogens (tertiary/aromatic N) is 3. The van der Waals surface area contributed by atoms with E-state index in [1.165, 1.54) is 26.9 Å². The number of allylic oxidation sites excluding steroid dienone is 2. The first kappa shape index (κ1) is 19.4. The van der Waals surface area contributed by atoms with Crippen molar-refractivity contribution in [2.45, 2.75) is 19.4 Å². The second kappa shape index (κ2) is 6.98. The Balaban J connectivity index is 1.72. The third kappa shape index (κ3) is 2.73. The number of rotatable bonds is 2. The Morgan fingerprint density at radius 1 is 0.812 bits per heavy atom. The van der Waals surface area contributed by atoms with Gasteiger partial charge in [0.25, 0.3) is 0 Å². The van der Waals surface area contributed by atoms with Crippen LogP contribution in [0.25, 0.3) is 38.4 Å². The zero-order chi connectivity index (χ0) is 22.5. The van der Waals surface area contributed by atoms with Gasteiger partial charge in [-0.2, -0.15) is 15.8 Å². The van der Waals surface area contributed by atoms with E-state index >= 15 is 0 Å². The summed E-state index contributed by atoms with van der Waals surface area (Å²) >= 11 is 0. The fourth-order valence-electron chi connectivity index (χ4n) is 4.56. The molecule has 1 heterocycles. The maximum absolute atomic E-state index is 9.76. The Kier molecular flexibility index (Phi) is 4.23. The van der Waals surface area contributed by atoms with Gasteiger partial charge in [0.05, 0.1) is 0 Å². The molecule has 0 aliphatic carbocycles. The Morgan fingerprint density at radius 3 is 2.09 bits per heavy atom. The van der Waals surface area contributed by atoms with E-state index in [2.05, 4.69) is 60.7 Å². The van der Waals surface area contributed by atoms with Crippen molar-refractivity contribution in [2.75, 3.05) is 0 Å². The number of benzene rings is 4. The molecule has 0 amide bonds. The van der Waals surface area contributed by atoms with Crippen molar-refractivity contribution in [1.29, 1.82) is 15.8 Å². The molecule has 150 valence electrons. The highest BCUT2D eigenvalue weighted by Crippen LogP contribution is 2.41. The van der Waals surface area contributed by atoms with Crippen LogP contribution in [-0.2, 0) is 4.74 Å². The smallest absolute Gasteiger partial charge is 0.172 e. The van der Waals surface area contributed by atoms with E-state index < -0.39 is 5.60 Å². The fraction of sp³-hybridized carbons (Fsp3) is 0.107. The highest BCUT2D eigenvalue weighted by atomic mass is 16.5. The first-order valence-corrected chi connectivity index (χ1v) is 10.2. The van der Waals surface area contributed by atoms with E-state index in [4.69, 9.17) is 4.74 Å². The molecule has 0 atom stereocenters. The third-order valence-electron chi connectivity index (χ3n) is 6.06. The lowest BCUT2D eigenvalue weighted by Crippen LogP contribution is -2.20. The van der Waals surface area contributed by atoms with Crippen LogP contribution in [0, 0.1) is 34.0 Å². The minimum absolute atomic E-state index is 0.0533. The molecule has 0 radical (unpaired) electrons. The quantitative estimate of drug-likeness (QED) is 0.277. The lowest BCUT2D eigenvalue weighted by molar-refractivity contribution is 0.0954. The van der Waals surface area contributed by atoms with Gasteiger partial charge in [0.1, 0.15) is 29.4 Å². The van der Waals surface area contributed by atoms with Gasteiger partial charge in [-0.25, -0.2) is 0 Å². The minimum atomic E-state index is -0.834. The molecule has 0 saturated carbocycles. The Bertz CT molecular complexity index is 1610. The summed E-state index contributed by atoms with van der Waals surface area (Å²) in [6, 6.07) is 24.8. The van der Waals surface area contributed by atoms with Crippen molar-refractivity contribution in [3.63, 3.8) is 0 Å². The summed E-state index contributed by atoms with van der Waals surface area (Å²) in [5, 5.41) is 35.5. The van der Waals surface area contributed by atoms with Crippen molar-refractivity contribution in [3.05, 3.63) is 88.7 Å². The standard InChI is InChI=1S/C28H17N3O/c1-28(2)24(23(16-31)27(32-28)21(14-29)15-30)13-11-17-6-7-20-9-8-18-4-3-5-19-10-12-22(17)26(20)25(18)19/h3-13H,1-2H3/b13-11+. The van der Waals surface area contributed by atoms with Crippen LogP contribution < -0.4 is 0 Å². The molecule has 4 heteroatoms. The van der Waals surface area contributed by atoms with Gasteiger partial charge in [-0.15, -0.1) is 0 Å². The lowest BCUT2D eigenvalue weighted by Gasteiger charge is -2.20. The van der Waals surface area contributed by atoms with Gasteiger partial charge >= 0.3 is 0 Å². The molecule has 0 saturated heterocycles. The molecule has 0 aromatic heterocycles. The summed E-state index contributed by atoms with van der Waals surface area (Å²) in [5.41, 5.74) is 0.862. The summed E-state index contributed by atoms with van der Waals surface area (Å²) < 4.78 is 5.86. The SMILES string of the molecule is CC1(C)OC(=C(C#N)C#N)C(C#N)=C1/C=C/c1ccc2ccc3cccc4ccc1c2c34. The van der Waals surface area contributed by atoms with Gasteiger partial charge in [-0.3, -0.25) is 0 Å². The molecule has 1 aliphatic rings. The monoisotopic (exact) mass is 411 g/mol. The molecule has 5 rings (SSSR count). The number of hydrogen-bond donors (Lipinski definition) is 0. The second-order valence-corrected chi connectivity index (χ2v) is 8.28. The van der Waals surface area contributed by atoms with Crippen molar-refractivity contribution in [3.8, 4) is 18.2 Å². The molecule has 0 bridgehead atoms. The molecule has 1 aliphatic heterocycles. The topological polar surface area (TPSA) is 80.6 Å². The van der Waals surface area contributed by atoms with Gasteiger partial charge in [0.2, 0.25) is 0 Å². The highest BCUT2D eigenvalue weighted by Gasteiger charge is 2.38. The van der Waals surface area contributed by atoms with Crippen molar-refractivity contribution >= 4 is 38.4 Å². The van der Waals surface area contributed by atoms with E-state index in [0.29, 0.717) is 5.57 Å². The van der Waals surface area contributed by atoms with Gasteiger partial charge in [0, 0.05) is 5.57 Å². The minimum Gasteiger partial charge on any atom is -0.480 e. The normalized spacial score (nSPS) is 15.3. The Morgan fingerprint density at radius 2 is 1.44 bits per heavy atom. The van der Waals surface area contributed by atoms with Gasteiger partial charge in [-0.1, -0.05) is 66.7 Å². The second-order valence-electron chi connectivity index (χ2n) is 8.28. The van der Waals surface area contributed by atoms with Crippen LogP contribution in [0.5, 0.6) is 0 Å². The maximum Gasteiger partial charge on any atom is 0.172 e. The molecule has 32 heavy (non-hydrogen) atoms. The fourth-order valence-corrected chi connectivity index (χ4v) is 4.56. The van der Waals surface area contributed by atoms with Crippen LogP contribution in [0.4, 0.5) is 0 Å². The van der Waals surface area contributed by atoms with E-state index in [9.17, 15) is 15.8 Å². The Hall–Kier alpha value is -4.59. The third-order valence-corrected chi connectivity index (χ3v) is 6.06. The zero-order valence-corrected chi connectivity index (χ0v) is 17.6. The van der Waals surface area contributed by atoms with E-state index in [1.54, 1.807) is 0 Å². The predicted octanol–water partition coefficient (Wildman–Crippen LogP) is 6.53. The first-order chi connectivity index (χ1) is 15.5. The summed E-state index contributed by atoms with van der Waals surface area (Å²) in [6.45, 7) is 3.65. The number of ether oxygens (including phenoxy) is 1. The average Bonchev–Trinajstić information content (AvgIpc) is 3.06. The van der Waals surface area contributed by atoms with Crippen LogP contribution in [0.1, 0.15) is 19.4 Å². The first-order valence-electron chi connectivity index (χ1n) is 10.2. The number of hydrogen-bond acceptors (Lipinski definition) is 4. The van der Waals surface area contributed by atoms with Gasteiger partial charge < -0.3 is 4.74 Å². The molecular formula is C28H17N3O. The molecule has 0 fully saturated rings. The van der Waals surface area contributed by atoms with Crippen LogP contribution in [0.3, 0.4) is 0 Å². The van der Waals surface area contributed by atoms with Crippen molar-refractivity contribution < 1.29 is 4.74 Å². The van der Waals surface area contributed by atoms with Crippen LogP contribution in [0.15, 0.2) is 83.2 Å². The average molecular weight is 411 g/mol. The van der Waals surface area contributed by atoms with E-state index in [0.717, 1.165) is 10.9 Å². The van der Waals surface area contributed by atoms with Crippen molar-refractivity contribution in [2.24, 2.45) is 0 Å².